The van der Waals surface area contributed by atoms with Gasteiger partial charge < -0.3 is 29.4 Å². The Morgan fingerprint density at radius 3 is 1.87 bits per heavy atom. The summed E-state index contributed by atoms with van der Waals surface area (Å²) in [5.41, 5.74) is 2.35. The number of anilines is 2. The zero-order valence-electron chi connectivity index (χ0n) is 28.7. The number of aliphatic hydroxyl groups is 1. The van der Waals surface area contributed by atoms with Gasteiger partial charge in [0.1, 0.15) is 31.3 Å². The van der Waals surface area contributed by atoms with Crippen molar-refractivity contribution in [3.63, 3.8) is 0 Å². The summed E-state index contributed by atoms with van der Waals surface area (Å²) in [7, 11) is 0. The molecule has 1 amide bonds. The fourth-order valence-electron chi connectivity index (χ4n) is 3.94. The minimum absolute atomic E-state index is 0.0812. The molecule has 0 saturated carbocycles. The highest BCUT2D eigenvalue weighted by atomic mass is 16.6. The minimum atomic E-state index is -1.33. The lowest BCUT2D eigenvalue weighted by atomic mass is 9.86. The van der Waals surface area contributed by atoms with Crippen LogP contribution in [-0.4, -0.2) is 67.8 Å². The van der Waals surface area contributed by atoms with Crippen molar-refractivity contribution in [2.75, 3.05) is 43.6 Å². The SMILES string of the molecule is C=C(C)C(=O)OCC(O)COC(=O)C(CC)(COC(=O)Nc1ccc(Cc2ccc(NCC(C)(C)C)cc2)cc1)COC(C)(C)C. The first kappa shape index (κ1) is 38.3. The third-order valence-electron chi connectivity index (χ3n) is 6.92. The summed E-state index contributed by atoms with van der Waals surface area (Å²) in [6.07, 6.45) is -1.01. The van der Waals surface area contributed by atoms with Crippen LogP contribution >= 0.6 is 0 Å². The number of hydrogen-bond donors (Lipinski definition) is 3. The number of benzene rings is 2. The van der Waals surface area contributed by atoms with E-state index < -0.39 is 41.8 Å². The lowest BCUT2D eigenvalue weighted by Crippen LogP contribution is -2.45. The number of carbonyl (C=O) groups excluding carboxylic acids is 3. The van der Waals surface area contributed by atoms with E-state index in [1.165, 1.54) is 12.5 Å². The lowest BCUT2D eigenvalue weighted by molar-refractivity contribution is -0.171. The average Bonchev–Trinajstić information content (AvgIpc) is 2.98. The van der Waals surface area contributed by atoms with Crippen LogP contribution in [0.25, 0.3) is 0 Å². The average molecular weight is 641 g/mol. The number of ether oxygens (including phenoxy) is 4. The molecule has 2 rings (SSSR count). The molecule has 0 aliphatic heterocycles. The Hall–Kier alpha value is -3.89. The van der Waals surface area contributed by atoms with Gasteiger partial charge in [0.05, 0.1) is 12.2 Å². The highest BCUT2D eigenvalue weighted by molar-refractivity contribution is 5.87. The second-order valence-corrected chi connectivity index (χ2v) is 13.9. The van der Waals surface area contributed by atoms with Crippen LogP contribution in [0.1, 0.15) is 72.9 Å². The number of hydrogen-bond acceptors (Lipinski definition) is 9. The smallest absolute Gasteiger partial charge is 0.411 e. The zero-order chi connectivity index (χ0) is 34.5. The Morgan fingerprint density at radius 1 is 0.826 bits per heavy atom. The molecule has 2 aromatic rings. The van der Waals surface area contributed by atoms with Gasteiger partial charge in [-0.15, -0.1) is 0 Å². The quantitative estimate of drug-likeness (QED) is 0.107. The molecule has 3 N–H and O–H groups in total. The Labute approximate surface area is 273 Å². The van der Waals surface area contributed by atoms with E-state index in [9.17, 15) is 19.5 Å². The molecule has 10 nitrogen and oxygen atoms in total. The molecule has 0 bridgehead atoms. The van der Waals surface area contributed by atoms with Gasteiger partial charge in [-0.1, -0.05) is 58.5 Å². The van der Waals surface area contributed by atoms with E-state index >= 15 is 0 Å². The summed E-state index contributed by atoms with van der Waals surface area (Å²) in [5.74, 6) is -1.37. The van der Waals surface area contributed by atoms with E-state index in [0.717, 1.165) is 24.2 Å². The number of nitrogens with one attached hydrogen (secondary N) is 2. The molecule has 254 valence electrons. The van der Waals surface area contributed by atoms with Gasteiger partial charge in [-0.25, -0.2) is 9.59 Å². The maximum absolute atomic E-state index is 13.3. The highest BCUT2D eigenvalue weighted by Crippen LogP contribution is 2.28. The number of esters is 2. The van der Waals surface area contributed by atoms with E-state index in [1.54, 1.807) is 19.1 Å². The zero-order valence-corrected chi connectivity index (χ0v) is 28.7. The topological polar surface area (TPSA) is 132 Å². The van der Waals surface area contributed by atoms with Crippen LogP contribution < -0.4 is 10.6 Å². The van der Waals surface area contributed by atoms with Crippen molar-refractivity contribution in [2.24, 2.45) is 10.8 Å². The van der Waals surface area contributed by atoms with Crippen molar-refractivity contribution in [1.29, 1.82) is 0 Å². The van der Waals surface area contributed by atoms with Gasteiger partial charge >= 0.3 is 18.0 Å². The number of amides is 1. The maximum Gasteiger partial charge on any atom is 0.411 e. The van der Waals surface area contributed by atoms with E-state index in [2.05, 4.69) is 62.2 Å². The van der Waals surface area contributed by atoms with Gasteiger partial charge in [0.2, 0.25) is 0 Å². The Morgan fingerprint density at radius 2 is 1.37 bits per heavy atom. The molecular formula is C36H52N2O8. The first-order chi connectivity index (χ1) is 21.4. The second kappa shape index (κ2) is 17.1. The summed E-state index contributed by atoms with van der Waals surface area (Å²) in [6, 6.07) is 15.8. The van der Waals surface area contributed by atoms with E-state index in [1.807, 2.05) is 32.9 Å². The third kappa shape index (κ3) is 14.0. The Bertz CT molecular complexity index is 1290. The fraction of sp³-hybridized carbons (Fsp3) is 0.528. The molecule has 0 aliphatic rings. The van der Waals surface area contributed by atoms with E-state index in [0.29, 0.717) is 5.69 Å². The van der Waals surface area contributed by atoms with Crippen molar-refractivity contribution in [3.05, 3.63) is 71.8 Å². The maximum atomic E-state index is 13.3. The molecule has 0 spiro atoms. The molecule has 46 heavy (non-hydrogen) atoms. The van der Waals surface area contributed by atoms with Gasteiger partial charge in [0.25, 0.3) is 0 Å². The summed E-state index contributed by atoms with van der Waals surface area (Å²) in [5, 5.41) is 16.3. The molecule has 10 heteroatoms. The van der Waals surface area contributed by atoms with Crippen molar-refractivity contribution < 1.29 is 38.4 Å². The molecule has 2 atom stereocenters. The Kier molecular flexibility index (Phi) is 14.3. The van der Waals surface area contributed by atoms with Crippen LogP contribution in [0.4, 0.5) is 16.2 Å². The number of aliphatic hydroxyl groups excluding tert-OH is 1. The van der Waals surface area contributed by atoms with Gasteiger partial charge in [-0.05, 0) is 81.3 Å². The molecular weight excluding hydrogens is 588 g/mol. The fourth-order valence-corrected chi connectivity index (χ4v) is 3.94. The highest BCUT2D eigenvalue weighted by Gasteiger charge is 2.42. The van der Waals surface area contributed by atoms with Crippen LogP contribution in [0, 0.1) is 10.8 Å². The summed E-state index contributed by atoms with van der Waals surface area (Å²) < 4.78 is 21.7. The van der Waals surface area contributed by atoms with E-state index in [-0.39, 0.29) is 37.2 Å². The number of rotatable bonds is 16. The molecule has 0 heterocycles. The monoisotopic (exact) mass is 640 g/mol. The minimum Gasteiger partial charge on any atom is -0.462 e. The largest absolute Gasteiger partial charge is 0.462 e. The predicted octanol–water partition coefficient (Wildman–Crippen LogP) is 6.52. The van der Waals surface area contributed by atoms with Crippen LogP contribution in [0.3, 0.4) is 0 Å². The molecule has 2 aromatic carbocycles. The summed E-state index contributed by atoms with van der Waals surface area (Å²) in [4.78, 5) is 37.6. The predicted molar refractivity (Wildman–Crippen MR) is 180 cm³/mol. The molecule has 0 radical (unpaired) electrons. The summed E-state index contributed by atoms with van der Waals surface area (Å²) in [6.45, 7) is 18.5. The third-order valence-corrected chi connectivity index (χ3v) is 6.92. The van der Waals surface area contributed by atoms with Crippen molar-refractivity contribution in [1.82, 2.24) is 0 Å². The molecule has 2 unspecified atom stereocenters. The first-order valence-corrected chi connectivity index (χ1v) is 15.6. The van der Waals surface area contributed by atoms with Crippen LogP contribution in [0.5, 0.6) is 0 Å². The molecule has 0 fully saturated rings. The first-order valence-electron chi connectivity index (χ1n) is 15.6. The van der Waals surface area contributed by atoms with Crippen LogP contribution in [0.15, 0.2) is 60.7 Å². The van der Waals surface area contributed by atoms with Crippen molar-refractivity contribution in [3.8, 4) is 0 Å². The number of carbonyl (C=O) groups is 3. The van der Waals surface area contributed by atoms with Gasteiger partial charge in [0, 0.05) is 23.5 Å². The second-order valence-electron chi connectivity index (χ2n) is 13.9. The molecule has 0 saturated heterocycles. The van der Waals surface area contributed by atoms with Crippen molar-refractivity contribution >= 4 is 29.4 Å². The molecule has 0 aliphatic carbocycles. The normalized spacial score (nSPS) is 13.6. The lowest BCUT2D eigenvalue weighted by Gasteiger charge is -2.33. The van der Waals surface area contributed by atoms with Gasteiger partial charge in [-0.2, -0.15) is 0 Å². The van der Waals surface area contributed by atoms with Crippen molar-refractivity contribution in [2.45, 2.75) is 79.9 Å². The van der Waals surface area contributed by atoms with Gasteiger partial charge in [0.15, 0.2) is 0 Å². The summed E-state index contributed by atoms with van der Waals surface area (Å²) >= 11 is 0. The van der Waals surface area contributed by atoms with Crippen LogP contribution in [-0.2, 0) is 35.0 Å². The standard InChI is InChI=1S/C36H52N2O8/c1-10-36(24-46-35(7,8)9,32(41)44-21-30(39)20-43-31(40)25(2)3)23-45-33(42)38-29-17-13-27(14-18-29)19-26-11-15-28(16-12-26)37-22-34(4,5)6/h11-18,30,37,39H,2,10,19-24H2,1,3-9H3,(H,38,42). The van der Waals surface area contributed by atoms with Crippen LogP contribution in [0.2, 0.25) is 0 Å². The molecule has 0 aromatic heterocycles. The van der Waals surface area contributed by atoms with E-state index in [4.69, 9.17) is 18.9 Å². The Balaban J connectivity index is 1.97. The van der Waals surface area contributed by atoms with Gasteiger partial charge in [-0.3, -0.25) is 10.1 Å².